The monoisotopic (exact) mass is 510 g/mol. The van der Waals surface area contributed by atoms with E-state index in [1.54, 1.807) is 18.2 Å². The Labute approximate surface area is 214 Å². The number of hydrogen-bond acceptors (Lipinski definition) is 5. The van der Waals surface area contributed by atoms with Gasteiger partial charge in [-0.25, -0.2) is 19.2 Å². The van der Waals surface area contributed by atoms with Gasteiger partial charge in [-0.1, -0.05) is 84.9 Å². The summed E-state index contributed by atoms with van der Waals surface area (Å²) in [6.45, 7) is 0. The average Bonchev–Trinajstić information content (AvgIpc) is 2.91. The van der Waals surface area contributed by atoms with Crippen molar-refractivity contribution in [2.24, 2.45) is 0 Å². The van der Waals surface area contributed by atoms with E-state index >= 15 is 0 Å². The highest BCUT2D eigenvalue weighted by Gasteiger charge is 2.38. The molecule has 0 unspecified atom stereocenters. The van der Waals surface area contributed by atoms with Crippen molar-refractivity contribution in [3.8, 4) is 22.3 Å². The number of aromatic carboxylic acids is 4. The highest BCUT2D eigenvalue weighted by atomic mass is 16.4. The van der Waals surface area contributed by atoms with Gasteiger partial charge in [0.05, 0.1) is 27.8 Å². The second kappa shape index (κ2) is 10.2. The fourth-order valence-electron chi connectivity index (χ4n) is 4.32. The molecular weight excluding hydrogens is 492 g/mol. The molecule has 188 valence electrons. The summed E-state index contributed by atoms with van der Waals surface area (Å²) >= 11 is 0. The van der Waals surface area contributed by atoms with Gasteiger partial charge in [-0.05, 0) is 16.7 Å². The summed E-state index contributed by atoms with van der Waals surface area (Å²) in [6.07, 6.45) is 0. The summed E-state index contributed by atoms with van der Waals surface area (Å²) in [5.41, 5.74) is -4.58. The molecule has 4 aromatic rings. The molecule has 0 saturated carbocycles. The van der Waals surface area contributed by atoms with Crippen LogP contribution in [0.1, 0.15) is 57.4 Å². The predicted octanol–water partition coefficient (Wildman–Crippen LogP) is 5.04. The molecule has 0 spiro atoms. The summed E-state index contributed by atoms with van der Waals surface area (Å²) in [6, 6.07) is 21.9. The van der Waals surface area contributed by atoms with Crippen LogP contribution in [0.3, 0.4) is 0 Å². The molecule has 38 heavy (non-hydrogen) atoms. The highest BCUT2D eigenvalue weighted by Crippen LogP contribution is 2.37. The second-order valence-corrected chi connectivity index (χ2v) is 8.11. The van der Waals surface area contributed by atoms with E-state index in [0.717, 1.165) is 5.56 Å². The molecule has 0 aliphatic carbocycles. The Morgan fingerprint density at radius 1 is 0.395 bits per heavy atom. The van der Waals surface area contributed by atoms with E-state index in [4.69, 9.17) is 0 Å². The minimum Gasteiger partial charge on any atom is -0.478 e. The molecule has 4 aromatic carbocycles. The van der Waals surface area contributed by atoms with Gasteiger partial charge in [0.2, 0.25) is 0 Å². The molecule has 0 heterocycles. The molecule has 0 atom stereocenters. The van der Waals surface area contributed by atoms with Gasteiger partial charge in [0.25, 0.3) is 0 Å². The molecule has 0 saturated heterocycles. The van der Waals surface area contributed by atoms with Crippen molar-refractivity contribution in [2.75, 3.05) is 0 Å². The van der Waals surface area contributed by atoms with Crippen LogP contribution < -0.4 is 0 Å². The van der Waals surface area contributed by atoms with Crippen molar-refractivity contribution in [1.29, 1.82) is 0 Å². The van der Waals surface area contributed by atoms with Crippen molar-refractivity contribution in [1.82, 2.24) is 0 Å². The lowest BCUT2D eigenvalue weighted by Gasteiger charge is -2.20. The Morgan fingerprint density at radius 3 is 1.16 bits per heavy atom. The first kappa shape index (κ1) is 25.5. The topological polar surface area (TPSA) is 166 Å². The summed E-state index contributed by atoms with van der Waals surface area (Å²) in [5.74, 6) is -8.63. The first-order valence-corrected chi connectivity index (χ1v) is 11.1. The Kier molecular flexibility index (Phi) is 6.85. The fraction of sp³-hybridized carbons (Fsp3) is 0. The van der Waals surface area contributed by atoms with Gasteiger partial charge in [0.1, 0.15) is 0 Å². The molecule has 9 nitrogen and oxygen atoms in total. The van der Waals surface area contributed by atoms with Crippen LogP contribution in [0.5, 0.6) is 0 Å². The summed E-state index contributed by atoms with van der Waals surface area (Å²) in [7, 11) is 0. The minimum atomic E-state index is -1.90. The van der Waals surface area contributed by atoms with Crippen LogP contribution in [0.15, 0.2) is 84.9 Å². The van der Waals surface area contributed by atoms with Gasteiger partial charge in [-0.3, -0.25) is 4.79 Å². The Balaban J connectivity index is 2.08. The van der Waals surface area contributed by atoms with E-state index < -0.39 is 63.0 Å². The third kappa shape index (κ3) is 4.51. The zero-order chi connectivity index (χ0) is 27.6. The van der Waals surface area contributed by atoms with Gasteiger partial charge in [-0.2, -0.15) is 0 Å². The van der Waals surface area contributed by atoms with Crippen molar-refractivity contribution in [3.05, 3.63) is 118 Å². The van der Waals surface area contributed by atoms with Gasteiger partial charge in [0.15, 0.2) is 5.78 Å². The van der Waals surface area contributed by atoms with E-state index in [-0.39, 0.29) is 11.1 Å². The smallest absolute Gasteiger partial charge is 0.337 e. The minimum absolute atomic E-state index is 0.0430. The maximum atomic E-state index is 13.6. The Hall–Kier alpha value is -5.57. The highest BCUT2D eigenvalue weighted by molar-refractivity contribution is 6.26. The lowest BCUT2D eigenvalue weighted by Crippen LogP contribution is -2.25. The van der Waals surface area contributed by atoms with Gasteiger partial charge >= 0.3 is 23.9 Å². The van der Waals surface area contributed by atoms with E-state index in [2.05, 4.69) is 0 Å². The van der Waals surface area contributed by atoms with Crippen LogP contribution in [0.2, 0.25) is 0 Å². The number of hydrogen-bond donors (Lipinski definition) is 4. The van der Waals surface area contributed by atoms with Crippen LogP contribution >= 0.6 is 0 Å². The van der Waals surface area contributed by atoms with Crippen LogP contribution in [0, 0.1) is 0 Å². The van der Waals surface area contributed by atoms with Crippen LogP contribution in [-0.4, -0.2) is 50.1 Å². The third-order valence-corrected chi connectivity index (χ3v) is 5.90. The first-order valence-electron chi connectivity index (χ1n) is 11.1. The number of carbonyl (C=O) groups is 5. The average molecular weight is 510 g/mol. The van der Waals surface area contributed by atoms with E-state index in [9.17, 15) is 44.4 Å². The number of benzene rings is 4. The molecule has 9 heteroatoms. The standard InChI is InChI=1S/C29H18O9/c30-25(18-13-11-16(12-14-18)15-7-3-1-4-8-15)20-23(28(35)36)21(26(31)32)19(17-9-5-2-6-10-17)22(27(33)34)24(20)29(37)38/h1-14H,(H,31,32)(H,33,34)(H,35,36)(H,37,38). The van der Waals surface area contributed by atoms with Crippen molar-refractivity contribution < 1.29 is 44.4 Å². The lowest BCUT2D eigenvalue weighted by molar-refractivity contribution is 0.0634. The largest absolute Gasteiger partial charge is 0.478 e. The van der Waals surface area contributed by atoms with E-state index in [1.165, 1.54) is 36.4 Å². The fourth-order valence-corrected chi connectivity index (χ4v) is 4.32. The second-order valence-electron chi connectivity index (χ2n) is 8.11. The first-order chi connectivity index (χ1) is 18.1. The van der Waals surface area contributed by atoms with Crippen LogP contribution in [0.4, 0.5) is 0 Å². The van der Waals surface area contributed by atoms with Crippen LogP contribution in [-0.2, 0) is 0 Å². The Morgan fingerprint density at radius 2 is 0.763 bits per heavy atom. The van der Waals surface area contributed by atoms with Gasteiger partial charge < -0.3 is 20.4 Å². The third-order valence-electron chi connectivity index (χ3n) is 5.90. The van der Waals surface area contributed by atoms with Crippen LogP contribution in [0.25, 0.3) is 22.3 Å². The molecule has 0 aliphatic rings. The molecule has 4 rings (SSSR count). The number of rotatable bonds is 8. The van der Waals surface area contributed by atoms with E-state index in [0.29, 0.717) is 5.56 Å². The number of carboxylic acids is 4. The zero-order valence-corrected chi connectivity index (χ0v) is 19.4. The molecule has 4 N–H and O–H groups in total. The molecule has 0 radical (unpaired) electrons. The lowest BCUT2D eigenvalue weighted by atomic mass is 9.81. The molecule has 0 amide bonds. The molecule has 0 aliphatic heterocycles. The van der Waals surface area contributed by atoms with E-state index in [1.807, 2.05) is 30.3 Å². The molecular formula is C29H18O9. The number of ketones is 1. The maximum Gasteiger partial charge on any atom is 0.337 e. The molecule has 0 aromatic heterocycles. The van der Waals surface area contributed by atoms with Crippen molar-refractivity contribution in [2.45, 2.75) is 0 Å². The van der Waals surface area contributed by atoms with Gasteiger partial charge in [0, 0.05) is 11.1 Å². The quantitative estimate of drug-likeness (QED) is 0.237. The summed E-state index contributed by atoms with van der Waals surface area (Å²) < 4.78 is 0. The number of carbonyl (C=O) groups excluding carboxylic acids is 1. The van der Waals surface area contributed by atoms with Crippen molar-refractivity contribution >= 4 is 29.7 Å². The molecule has 0 fully saturated rings. The van der Waals surface area contributed by atoms with Gasteiger partial charge in [-0.15, -0.1) is 0 Å². The normalized spacial score (nSPS) is 10.5. The SMILES string of the molecule is O=C(c1ccc(-c2ccccc2)cc1)c1c(C(=O)O)c(C(=O)O)c(-c2ccccc2)c(C(=O)O)c1C(=O)O. The number of carboxylic acid groups (broad SMARTS) is 4. The Bertz CT molecular complexity index is 1550. The van der Waals surface area contributed by atoms with Crippen molar-refractivity contribution in [3.63, 3.8) is 0 Å². The summed E-state index contributed by atoms with van der Waals surface area (Å²) in [4.78, 5) is 63.2. The predicted molar refractivity (Wildman–Crippen MR) is 135 cm³/mol. The maximum absolute atomic E-state index is 13.6. The molecule has 0 bridgehead atoms. The zero-order valence-electron chi connectivity index (χ0n) is 19.4. The summed E-state index contributed by atoms with van der Waals surface area (Å²) in [5, 5.41) is 40.1.